The van der Waals surface area contributed by atoms with Gasteiger partial charge in [-0.25, -0.2) is 8.78 Å². The van der Waals surface area contributed by atoms with Crippen LogP contribution in [-0.2, 0) is 19.3 Å². The van der Waals surface area contributed by atoms with Gasteiger partial charge in [-0.15, -0.1) is 0 Å². The molecule has 0 heterocycles. The van der Waals surface area contributed by atoms with Crippen LogP contribution in [0.2, 0.25) is 0 Å². The highest BCUT2D eigenvalue weighted by atomic mass is 19.2. The minimum Gasteiger partial charge on any atom is -0.203 e. The zero-order valence-electron chi connectivity index (χ0n) is 20.8. The Morgan fingerprint density at radius 2 is 1.50 bits per heavy atom. The molecule has 4 rings (SSSR count). The highest BCUT2D eigenvalue weighted by Crippen LogP contribution is 2.36. The van der Waals surface area contributed by atoms with Gasteiger partial charge in [-0.2, -0.15) is 0 Å². The van der Waals surface area contributed by atoms with Crippen LogP contribution < -0.4 is 0 Å². The number of aryl methyl sites for hydroxylation is 3. The molecule has 0 aromatic heterocycles. The molecule has 1 aliphatic carbocycles. The predicted molar refractivity (Wildman–Crippen MR) is 140 cm³/mol. The molecule has 1 fully saturated rings. The molecule has 0 atom stereocenters. The van der Waals surface area contributed by atoms with Crippen LogP contribution in [0.5, 0.6) is 0 Å². The highest BCUT2D eigenvalue weighted by Gasteiger charge is 2.21. The molecule has 0 nitrogen and oxygen atoms in total. The third-order valence-corrected chi connectivity index (χ3v) is 7.47. The van der Waals surface area contributed by atoms with E-state index in [4.69, 9.17) is 0 Å². The summed E-state index contributed by atoms with van der Waals surface area (Å²) in [6, 6.07) is 16.4. The van der Waals surface area contributed by atoms with Crippen molar-refractivity contribution >= 4 is 10.8 Å². The second-order valence-electron chi connectivity index (χ2n) is 10.0. The maximum absolute atomic E-state index is 14.8. The molecule has 1 aliphatic rings. The van der Waals surface area contributed by atoms with E-state index in [0.29, 0.717) is 29.7 Å². The van der Waals surface area contributed by atoms with E-state index in [1.807, 2.05) is 18.2 Å². The Morgan fingerprint density at radius 1 is 0.765 bits per heavy atom. The lowest BCUT2D eigenvalue weighted by Gasteiger charge is -2.27. The Kier molecular flexibility index (Phi) is 8.53. The maximum Gasteiger partial charge on any atom is 0.166 e. The number of allylic oxidation sites excluding steroid dienone is 2. The van der Waals surface area contributed by atoms with Crippen LogP contribution in [0.15, 0.2) is 60.7 Å². The third kappa shape index (κ3) is 5.95. The largest absolute Gasteiger partial charge is 0.203 e. The molecule has 0 bridgehead atoms. The smallest absolute Gasteiger partial charge is 0.166 e. The van der Waals surface area contributed by atoms with Gasteiger partial charge in [-0.05, 0) is 103 Å². The molecule has 0 saturated heterocycles. The Bertz CT molecular complexity index is 1100. The lowest BCUT2D eigenvalue weighted by Crippen LogP contribution is -2.11. The predicted octanol–water partition coefficient (Wildman–Crippen LogP) is 9.49. The summed E-state index contributed by atoms with van der Waals surface area (Å²) in [5.74, 6) is -0.00416. The van der Waals surface area contributed by atoms with Gasteiger partial charge in [0.25, 0.3) is 0 Å². The molecule has 3 aromatic rings. The van der Waals surface area contributed by atoms with E-state index in [1.165, 1.54) is 49.7 Å². The molecule has 1 saturated carbocycles. The Morgan fingerprint density at radius 3 is 2.21 bits per heavy atom. The molecule has 34 heavy (non-hydrogen) atoms. The van der Waals surface area contributed by atoms with Crippen molar-refractivity contribution in [3.63, 3.8) is 0 Å². The van der Waals surface area contributed by atoms with Crippen molar-refractivity contribution in [3.05, 3.63) is 94.6 Å². The van der Waals surface area contributed by atoms with E-state index in [-0.39, 0.29) is 0 Å². The van der Waals surface area contributed by atoms with Gasteiger partial charge in [0.05, 0.1) is 0 Å². The van der Waals surface area contributed by atoms with Crippen LogP contribution in [0.3, 0.4) is 0 Å². The topological polar surface area (TPSA) is 0 Å². The van der Waals surface area contributed by atoms with E-state index >= 15 is 0 Å². The van der Waals surface area contributed by atoms with Crippen molar-refractivity contribution in [2.24, 2.45) is 5.92 Å². The summed E-state index contributed by atoms with van der Waals surface area (Å²) in [6.07, 6.45) is 15.3. The Hall–Kier alpha value is -2.48. The van der Waals surface area contributed by atoms with Gasteiger partial charge in [0.2, 0.25) is 0 Å². The van der Waals surface area contributed by atoms with Gasteiger partial charge in [0.1, 0.15) is 0 Å². The lowest BCUT2D eigenvalue weighted by molar-refractivity contribution is 0.375. The number of hydrogen-bond acceptors (Lipinski definition) is 0. The number of hydrogen-bond donors (Lipinski definition) is 0. The van der Waals surface area contributed by atoms with Crippen LogP contribution >= 0.6 is 0 Å². The van der Waals surface area contributed by atoms with Crippen molar-refractivity contribution in [1.82, 2.24) is 0 Å². The number of fused-ring (bicyclic) bond motifs is 1. The molecule has 3 aromatic carbocycles. The van der Waals surface area contributed by atoms with Crippen LogP contribution in [0.4, 0.5) is 8.78 Å². The first-order valence-electron chi connectivity index (χ1n) is 13.2. The first-order chi connectivity index (χ1) is 16.6. The normalized spacial score (nSPS) is 18.7. The summed E-state index contributed by atoms with van der Waals surface area (Å²) in [4.78, 5) is 0. The standard InChI is InChI=1S/C32H38F2/c1-3-5-6-8-23-9-15-26(16-10-23)27-17-11-24(12-18-27)13-20-29-22-28-19-14-25(7-4-2)21-30(28)32(34)31(29)33/h6,8,11-12,14,17-19,21-23,26H,3-5,7,9-10,13,15-16,20H2,1-2H3/b8-6+. The van der Waals surface area contributed by atoms with E-state index in [1.54, 1.807) is 6.07 Å². The van der Waals surface area contributed by atoms with Crippen molar-refractivity contribution in [2.45, 2.75) is 84.0 Å². The van der Waals surface area contributed by atoms with Gasteiger partial charge in [0.15, 0.2) is 11.6 Å². The van der Waals surface area contributed by atoms with Crippen LogP contribution in [0, 0.1) is 17.6 Å². The number of benzene rings is 3. The number of unbranched alkanes of at least 4 members (excludes halogenated alkanes) is 1. The Balaban J connectivity index is 1.37. The van der Waals surface area contributed by atoms with Gasteiger partial charge >= 0.3 is 0 Å². The molecule has 0 amide bonds. The maximum atomic E-state index is 14.8. The fraction of sp³-hybridized carbons (Fsp3) is 0.438. The summed E-state index contributed by atoms with van der Waals surface area (Å²) in [6.45, 7) is 4.32. The second kappa shape index (κ2) is 11.8. The van der Waals surface area contributed by atoms with Crippen LogP contribution in [0.25, 0.3) is 10.8 Å². The van der Waals surface area contributed by atoms with Gasteiger partial charge in [-0.1, -0.05) is 75.2 Å². The van der Waals surface area contributed by atoms with E-state index < -0.39 is 11.6 Å². The first-order valence-corrected chi connectivity index (χ1v) is 13.2. The minimum absolute atomic E-state index is 0.395. The molecule has 180 valence electrons. The quantitative estimate of drug-likeness (QED) is 0.279. The summed E-state index contributed by atoms with van der Waals surface area (Å²) in [7, 11) is 0. The molecule has 2 heteroatoms. The Labute approximate surface area is 204 Å². The highest BCUT2D eigenvalue weighted by molar-refractivity contribution is 5.84. The molecule has 0 N–H and O–H groups in total. The van der Waals surface area contributed by atoms with Crippen molar-refractivity contribution < 1.29 is 8.78 Å². The van der Waals surface area contributed by atoms with E-state index in [2.05, 4.69) is 50.3 Å². The van der Waals surface area contributed by atoms with Crippen LogP contribution in [-0.4, -0.2) is 0 Å². The fourth-order valence-corrected chi connectivity index (χ4v) is 5.39. The zero-order valence-corrected chi connectivity index (χ0v) is 20.8. The summed E-state index contributed by atoms with van der Waals surface area (Å²) >= 11 is 0. The monoisotopic (exact) mass is 460 g/mol. The van der Waals surface area contributed by atoms with Gasteiger partial charge < -0.3 is 0 Å². The van der Waals surface area contributed by atoms with Gasteiger partial charge in [0, 0.05) is 5.39 Å². The molecule has 0 radical (unpaired) electrons. The molecule has 0 unspecified atom stereocenters. The minimum atomic E-state index is -0.707. The fourth-order valence-electron chi connectivity index (χ4n) is 5.39. The molecule has 0 aliphatic heterocycles. The van der Waals surface area contributed by atoms with E-state index in [0.717, 1.165) is 29.7 Å². The molecular formula is C32H38F2. The average Bonchev–Trinajstić information content (AvgIpc) is 2.87. The van der Waals surface area contributed by atoms with Crippen molar-refractivity contribution in [3.8, 4) is 0 Å². The number of halogens is 2. The molecule has 0 spiro atoms. The number of rotatable bonds is 9. The summed E-state index contributed by atoms with van der Waals surface area (Å²) in [5, 5.41) is 1.18. The zero-order chi connectivity index (χ0) is 23.9. The SMILES string of the molecule is CCC/C=C/C1CCC(c2ccc(CCc3cc4ccc(CCC)cc4c(F)c3F)cc2)CC1. The molecular weight excluding hydrogens is 422 g/mol. The first kappa shape index (κ1) is 24.6. The summed E-state index contributed by atoms with van der Waals surface area (Å²) < 4.78 is 29.6. The average molecular weight is 461 g/mol. The second-order valence-corrected chi connectivity index (χ2v) is 10.0. The lowest BCUT2D eigenvalue weighted by atomic mass is 9.78. The van der Waals surface area contributed by atoms with Gasteiger partial charge in [-0.3, -0.25) is 0 Å². The third-order valence-electron chi connectivity index (χ3n) is 7.47. The van der Waals surface area contributed by atoms with Crippen LogP contribution in [0.1, 0.15) is 87.0 Å². The van der Waals surface area contributed by atoms with Crippen molar-refractivity contribution in [1.29, 1.82) is 0 Å². The van der Waals surface area contributed by atoms with Crippen molar-refractivity contribution in [2.75, 3.05) is 0 Å². The van der Waals surface area contributed by atoms with E-state index in [9.17, 15) is 8.78 Å². The summed E-state index contributed by atoms with van der Waals surface area (Å²) in [5.41, 5.74) is 4.12.